The summed E-state index contributed by atoms with van der Waals surface area (Å²) in [5, 5.41) is 10.2. The lowest BCUT2D eigenvalue weighted by Gasteiger charge is -2.15. The summed E-state index contributed by atoms with van der Waals surface area (Å²) in [4.78, 5) is 11.0. The number of allylic oxidation sites excluding steroid dienone is 2. The summed E-state index contributed by atoms with van der Waals surface area (Å²) in [7, 11) is 1.28. The van der Waals surface area contributed by atoms with Crippen LogP contribution in [-0.2, 0) is 14.3 Å². The Kier molecular flexibility index (Phi) is 5.22. The highest BCUT2D eigenvalue weighted by molar-refractivity contribution is 6.68. The molecule has 100 valence electrons. The van der Waals surface area contributed by atoms with Gasteiger partial charge in [0.2, 0.25) is 0 Å². The number of hydrogen-bond donors (Lipinski definition) is 2. The van der Waals surface area contributed by atoms with Gasteiger partial charge in [0.25, 0.3) is 0 Å². The number of carbonyl (C=O) groups excluding carboxylic acids is 1. The number of methoxy groups -OCH3 is 1. The molecule has 1 rings (SSSR count). The summed E-state index contributed by atoms with van der Waals surface area (Å²) in [6.07, 6.45) is 2.18. The fourth-order valence-electron chi connectivity index (χ4n) is 1.21. The van der Waals surface area contributed by atoms with Crippen molar-refractivity contribution >= 4 is 22.7 Å². The smallest absolute Gasteiger partial charge is 0.343 e. The molecule has 1 fully saturated rings. The molecule has 0 saturated heterocycles. The van der Waals surface area contributed by atoms with Gasteiger partial charge >= 0.3 is 5.97 Å². The van der Waals surface area contributed by atoms with Gasteiger partial charge < -0.3 is 14.8 Å². The van der Waals surface area contributed by atoms with Crippen LogP contribution < -0.4 is 5.32 Å². The van der Waals surface area contributed by atoms with E-state index >= 15 is 0 Å². The molecule has 0 atom stereocenters. The van der Waals surface area contributed by atoms with E-state index in [1.165, 1.54) is 7.11 Å². The van der Waals surface area contributed by atoms with E-state index in [1.54, 1.807) is 6.92 Å². The van der Waals surface area contributed by atoms with Crippen LogP contribution in [0.3, 0.4) is 0 Å². The molecule has 1 aliphatic carbocycles. The molecule has 1 aliphatic rings. The van der Waals surface area contributed by atoms with Gasteiger partial charge in [0.1, 0.15) is 5.17 Å². The molecule has 0 unspecified atom stereocenters. The number of ether oxygens (including phenoxy) is 2. The van der Waals surface area contributed by atoms with E-state index in [2.05, 4.69) is 16.6 Å². The average Bonchev–Trinajstić information content (AvgIpc) is 3.16. The quantitative estimate of drug-likeness (QED) is 0.423. The Bertz CT molecular complexity index is 400. The second-order valence-corrected chi connectivity index (χ2v) is 4.44. The molecule has 0 spiro atoms. The van der Waals surface area contributed by atoms with Crippen LogP contribution in [0, 0.1) is 11.3 Å². The van der Waals surface area contributed by atoms with E-state index in [1.807, 2.05) is 0 Å². The van der Waals surface area contributed by atoms with Crippen LogP contribution in [0.5, 0.6) is 0 Å². The number of carbonyl (C=O) groups is 1. The van der Waals surface area contributed by atoms with Gasteiger partial charge in [-0.3, -0.25) is 5.41 Å². The molecule has 0 aromatic carbocycles. The third kappa shape index (κ3) is 4.41. The molecular formula is C12H17ClN2O3. The molecule has 0 aliphatic heterocycles. The zero-order chi connectivity index (χ0) is 13.7. The van der Waals surface area contributed by atoms with Gasteiger partial charge in [0, 0.05) is 11.3 Å². The molecule has 5 nitrogen and oxygen atoms in total. The van der Waals surface area contributed by atoms with Crippen molar-refractivity contribution in [3.8, 4) is 0 Å². The molecular weight excluding hydrogens is 256 g/mol. The van der Waals surface area contributed by atoms with Crippen molar-refractivity contribution in [2.75, 3.05) is 13.7 Å². The van der Waals surface area contributed by atoms with Crippen LogP contribution in [0.2, 0.25) is 0 Å². The van der Waals surface area contributed by atoms with Crippen LogP contribution in [0.4, 0.5) is 0 Å². The van der Waals surface area contributed by atoms with Crippen molar-refractivity contribution in [2.24, 2.45) is 5.92 Å². The summed E-state index contributed by atoms with van der Waals surface area (Å²) in [6.45, 7) is 5.29. The molecule has 0 aromatic rings. The Morgan fingerprint density at radius 3 is 2.61 bits per heavy atom. The highest BCUT2D eigenvalue weighted by atomic mass is 35.5. The van der Waals surface area contributed by atoms with Gasteiger partial charge in [-0.1, -0.05) is 18.2 Å². The highest BCUT2D eigenvalue weighted by Gasteiger charge is 2.26. The molecule has 2 N–H and O–H groups in total. The Morgan fingerprint density at radius 1 is 1.56 bits per heavy atom. The van der Waals surface area contributed by atoms with Gasteiger partial charge in [-0.2, -0.15) is 0 Å². The van der Waals surface area contributed by atoms with Gasteiger partial charge in [-0.25, -0.2) is 4.79 Å². The summed E-state index contributed by atoms with van der Waals surface area (Å²) in [5.41, 5.74) is 1.23. The minimum atomic E-state index is -0.500. The molecule has 0 aromatic heterocycles. The molecule has 1 saturated carbocycles. The maximum Gasteiger partial charge on any atom is 0.343 e. The van der Waals surface area contributed by atoms with Crippen molar-refractivity contribution in [2.45, 2.75) is 19.8 Å². The first kappa shape index (κ1) is 14.6. The summed E-state index contributed by atoms with van der Waals surface area (Å²) in [5.74, 6) is 0.205. The second kappa shape index (κ2) is 6.44. The minimum absolute atomic E-state index is 0.147. The van der Waals surface area contributed by atoms with E-state index in [-0.39, 0.29) is 17.7 Å². The van der Waals surface area contributed by atoms with Crippen LogP contribution in [0.15, 0.2) is 23.7 Å². The zero-order valence-electron chi connectivity index (χ0n) is 10.5. The molecule has 6 heteroatoms. The zero-order valence-corrected chi connectivity index (χ0v) is 11.3. The second-order valence-electron chi connectivity index (χ2n) is 4.06. The lowest BCUT2D eigenvalue weighted by atomic mass is 10.3. The molecule has 18 heavy (non-hydrogen) atoms. The number of esters is 1. The summed E-state index contributed by atoms with van der Waals surface area (Å²) < 4.78 is 9.76. The Labute approximate surface area is 111 Å². The fourth-order valence-corrected chi connectivity index (χ4v) is 1.29. The molecule has 0 amide bonds. The average molecular weight is 273 g/mol. The number of rotatable bonds is 7. The lowest BCUT2D eigenvalue weighted by molar-refractivity contribution is -0.144. The fraction of sp³-hybridized carbons (Fsp3) is 0.500. The van der Waals surface area contributed by atoms with Crippen molar-refractivity contribution in [3.63, 3.8) is 0 Å². The van der Waals surface area contributed by atoms with E-state index in [9.17, 15) is 4.79 Å². The first-order chi connectivity index (χ1) is 8.45. The largest absolute Gasteiger partial charge is 0.467 e. The number of halogens is 1. The minimum Gasteiger partial charge on any atom is -0.467 e. The summed E-state index contributed by atoms with van der Waals surface area (Å²) >= 11 is 5.61. The van der Waals surface area contributed by atoms with Gasteiger partial charge in [-0.05, 0) is 25.7 Å². The number of hydrogen-bond acceptors (Lipinski definition) is 5. The third-order valence-electron chi connectivity index (χ3n) is 2.58. The Hall–Kier alpha value is -1.49. The van der Waals surface area contributed by atoms with Crippen LogP contribution >= 0.6 is 11.6 Å². The van der Waals surface area contributed by atoms with Crippen LogP contribution in [-0.4, -0.2) is 24.9 Å². The van der Waals surface area contributed by atoms with Gasteiger partial charge in [0.05, 0.1) is 7.11 Å². The maximum atomic E-state index is 11.0. The lowest BCUT2D eigenvalue weighted by Crippen LogP contribution is -2.22. The third-order valence-corrected chi connectivity index (χ3v) is 2.86. The van der Waals surface area contributed by atoms with Gasteiger partial charge in [-0.15, -0.1) is 0 Å². The standard InChI is InChI=1S/C12H17ClN2O3/c1-7(11(13)14)12(18-6-10(16)17-3)15-8(2)9-4-5-9/h9,14-15H,2,4-6H2,1,3H3. The Balaban J connectivity index is 2.68. The predicted octanol–water partition coefficient (Wildman–Crippen LogP) is 2.14. The van der Waals surface area contributed by atoms with Crippen LogP contribution in [0.25, 0.3) is 0 Å². The van der Waals surface area contributed by atoms with E-state index in [0.29, 0.717) is 11.5 Å². The maximum absolute atomic E-state index is 11.0. The van der Waals surface area contributed by atoms with Crippen molar-refractivity contribution in [1.29, 1.82) is 5.41 Å². The van der Waals surface area contributed by atoms with Gasteiger partial charge in [0.15, 0.2) is 12.5 Å². The van der Waals surface area contributed by atoms with E-state index in [4.69, 9.17) is 21.7 Å². The van der Waals surface area contributed by atoms with E-state index in [0.717, 1.165) is 18.5 Å². The normalized spacial score (nSPS) is 15.5. The van der Waals surface area contributed by atoms with Crippen LogP contribution in [0.1, 0.15) is 19.8 Å². The SMILES string of the molecule is C=C(NC(OCC(=O)OC)=C(C)C(=N)Cl)C1CC1. The van der Waals surface area contributed by atoms with Crippen molar-refractivity contribution in [1.82, 2.24) is 5.32 Å². The number of nitrogens with one attached hydrogen (secondary N) is 2. The first-order valence-corrected chi connectivity index (χ1v) is 5.94. The predicted molar refractivity (Wildman–Crippen MR) is 69.2 cm³/mol. The molecule has 0 bridgehead atoms. The first-order valence-electron chi connectivity index (χ1n) is 5.56. The monoisotopic (exact) mass is 272 g/mol. The summed E-state index contributed by atoms with van der Waals surface area (Å²) in [6, 6.07) is 0. The Morgan fingerprint density at radius 2 is 2.17 bits per heavy atom. The van der Waals surface area contributed by atoms with Crippen molar-refractivity contribution < 1.29 is 14.3 Å². The molecule has 0 heterocycles. The van der Waals surface area contributed by atoms with E-state index < -0.39 is 5.97 Å². The van der Waals surface area contributed by atoms with Crippen molar-refractivity contribution in [3.05, 3.63) is 23.7 Å². The topological polar surface area (TPSA) is 71.4 Å². The molecule has 0 radical (unpaired) electrons. The highest BCUT2D eigenvalue weighted by Crippen LogP contribution is 2.34.